The second-order valence-corrected chi connectivity index (χ2v) is 9.84. The Morgan fingerprint density at radius 2 is 1.51 bits per heavy atom. The Bertz CT molecular complexity index is 1290. The van der Waals surface area contributed by atoms with Crippen LogP contribution in [0, 0.1) is 0 Å². The maximum absolute atomic E-state index is 13.2. The summed E-state index contributed by atoms with van der Waals surface area (Å²) in [6.45, 7) is 1.27. The van der Waals surface area contributed by atoms with E-state index < -0.39 is 69.0 Å². The molecular weight excluding hydrogens is 606 g/mol. The topological polar surface area (TPSA) is 84.7 Å². The minimum atomic E-state index is -4.49. The lowest BCUT2D eigenvalue weighted by molar-refractivity contribution is -0.137. The Labute approximate surface area is 251 Å². The molecule has 1 aliphatic rings. The number of benzene rings is 1. The van der Waals surface area contributed by atoms with Crippen molar-refractivity contribution in [1.29, 1.82) is 0 Å². The molecule has 0 saturated carbocycles. The first-order valence-corrected chi connectivity index (χ1v) is 13.4. The van der Waals surface area contributed by atoms with E-state index in [0.717, 1.165) is 23.3 Å². The van der Waals surface area contributed by atoms with Crippen molar-refractivity contribution in [2.45, 2.75) is 70.8 Å². The van der Waals surface area contributed by atoms with Crippen LogP contribution >= 0.6 is 12.4 Å². The van der Waals surface area contributed by atoms with Crippen molar-refractivity contribution < 1.29 is 45.5 Å². The molecule has 3 amide bonds. The Balaban J connectivity index is 0.00000645. The molecular formula is C28H33ClF6N4O4. The largest absolute Gasteiger partial charge is 0.465 e. The first-order chi connectivity index (χ1) is 19.7. The molecule has 43 heavy (non-hydrogen) atoms. The molecule has 0 spiro atoms. The number of rotatable bonds is 13. The second kappa shape index (κ2) is 15.3. The van der Waals surface area contributed by atoms with Gasteiger partial charge in [-0.2, -0.15) is 26.3 Å². The van der Waals surface area contributed by atoms with Gasteiger partial charge in [-0.15, -0.1) is 12.4 Å². The maximum atomic E-state index is 13.2. The first-order valence-electron chi connectivity index (χ1n) is 13.4. The number of aryl methyl sites for hydroxylation is 1. The smallest absolute Gasteiger partial charge is 0.389 e. The van der Waals surface area contributed by atoms with Crippen molar-refractivity contribution in [3.63, 3.8) is 0 Å². The normalized spacial score (nSPS) is 14.9. The number of imide groups is 1. The highest BCUT2D eigenvalue weighted by Crippen LogP contribution is 2.29. The molecule has 1 aromatic carbocycles. The van der Waals surface area contributed by atoms with Crippen molar-refractivity contribution in [1.82, 2.24) is 19.4 Å². The van der Waals surface area contributed by atoms with Crippen molar-refractivity contribution in [2.75, 3.05) is 20.2 Å². The van der Waals surface area contributed by atoms with Crippen molar-refractivity contribution in [2.24, 2.45) is 0 Å². The number of urea groups is 1. The summed E-state index contributed by atoms with van der Waals surface area (Å²) >= 11 is 0. The van der Waals surface area contributed by atoms with Crippen LogP contribution in [-0.4, -0.2) is 69.8 Å². The summed E-state index contributed by atoms with van der Waals surface area (Å²) in [5.74, 6) is -0.740. The average Bonchev–Trinajstić information content (AvgIpc) is 3.39. The van der Waals surface area contributed by atoms with Crippen molar-refractivity contribution >= 4 is 36.4 Å². The van der Waals surface area contributed by atoms with Gasteiger partial charge in [0, 0.05) is 38.9 Å². The van der Waals surface area contributed by atoms with Crippen LogP contribution in [0.15, 0.2) is 36.2 Å². The first kappa shape index (κ1) is 35.6. The van der Waals surface area contributed by atoms with E-state index in [9.17, 15) is 40.7 Å². The molecule has 0 unspecified atom stereocenters. The molecule has 238 valence electrons. The molecule has 1 saturated heterocycles. The van der Waals surface area contributed by atoms with Crippen LogP contribution in [0.2, 0.25) is 0 Å². The quantitative estimate of drug-likeness (QED) is 0.105. The highest BCUT2D eigenvalue weighted by molar-refractivity contribution is 6.13. The lowest BCUT2D eigenvalue weighted by atomic mass is 10.1. The number of aromatic nitrogens is 2. The highest BCUT2D eigenvalue weighted by Gasteiger charge is 2.41. The van der Waals surface area contributed by atoms with E-state index in [0.29, 0.717) is 28.4 Å². The molecule has 8 nitrogen and oxygen atoms in total. The van der Waals surface area contributed by atoms with Gasteiger partial charge in [-0.3, -0.25) is 14.6 Å². The van der Waals surface area contributed by atoms with Gasteiger partial charge in [0.25, 0.3) is 5.91 Å². The number of esters is 1. The van der Waals surface area contributed by atoms with E-state index in [-0.39, 0.29) is 24.6 Å². The fourth-order valence-electron chi connectivity index (χ4n) is 4.47. The molecule has 15 heteroatoms. The van der Waals surface area contributed by atoms with Crippen LogP contribution in [-0.2, 0) is 22.5 Å². The van der Waals surface area contributed by atoms with Crippen LogP contribution in [0.5, 0.6) is 0 Å². The van der Waals surface area contributed by atoms with Gasteiger partial charge in [-0.05, 0) is 43.0 Å². The molecule has 0 bridgehead atoms. The zero-order valence-electron chi connectivity index (χ0n) is 23.6. The molecule has 0 N–H and O–H groups in total. The van der Waals surface area contributed by atoms with Crippen LogP contribution in [0.1, 0.15) is 72.9 Å². The number of hydrogen-bond donors (Lipinski definition) is 0. The third-order valence-electron chi connectivity index (χ3n) is 6.62. The molecule has 0 aliphatic carbocycles. The maximum Gasteiger partial charge on any atom is 0.389 e. The minimum Gasteiger partial charge on any atom is -0.465 e. The lowest BCUT2D eigenvalue weighted by Gasteiger charge is -2.18. The number of alkyl halides is 6. The average molecular weight is 639 g/mol. The molecule has 3 rings (SSSR count). The molecule has 1 aromatic heterocycles. The number of ether oxygens (including phenoxy) is 1. The van der Waals surface area contributed by atoms with Gasteiger partial charge in [-0.1, -0.05) is 25.5 Å². The number of amides is 3. The minimum absolute atomic E-state index is 0. The number of imidazole rings is 1. The molecule has 0 radical (unpaired) electrons. The lowest BCUT2D eigenvalue weighted by Crippen LogP contribution is -2.34. The van der Waals surface area contributed by atoms with E-state index in [4.69, 9.17) is 4.74 Å². The summed E-state index contributed by atoms with van der Waals surface area (Å²) in [7, 11) is 1.26. The van der Waals surface area contributed by atoms with Crippen LogP contribution < -0.4 is 0 Å². The van der Waals surface area contributed by atoms with E-state index in [2.05, 4.69) is 4.98 Å². The van der Waals surface area contributed by atoms with Gasteiger partial charge in [0.1, 0.15) is 11.5 Å². The van der Waals surface area contributed by atoms with Gasteiger partial charge < -0.3 is 9.30 Å². The van der Waals surface area contributed by atoms with E-state index in [1.807, 2.05) is 6.92 Å². The standard InChI is InChI=1S/C28H32F6N4O4.ClH/c1-3-4-7-23-35-17-21(38(23)18-19-8-10-20(11-9-19)25(40)42-2)16-22-24(39)37(15-6-13-28(32,33)34)26(41)36(22)14-5-12-27(29,30)31;/h8-11,16-17H,3-7,12-15,18H2,1-2H3;1H/b22-16-;. The number of carbonyl (C=O) groups is 3. The molecule has 0 atom stereocenters. The predicted octanol–water partition coefficient (Wildman–Crippen LogP) is 6.77. The van der Waals surface area contributed by atoms with E-state index in [1.54, 1.807) is 28.8 Å². The SMILES string of the molecule is CCCCc1ncc(/C=C2/C(=O)N(CCCC(F)(F)F)C(=O)N2CCCC(F)(F)F)n1Cc1ccc(C(=O)OC)cc1.Cl. The fraction of sp³-hybridized carbons (Fsp3) is 0.500. The Morgan fingerprint density at radius 1 is 0.930 bits per heavy atom. The second-order valence-electron chi connectivity index (χ2n) is 9.84. The number of unbranched alkanes of at least 4 members (excludes halogenated alkanes) is 1. The third kappa shape index (κ3) is 10.0. The molecule has 2 heterocycles. The summed E-state index contributed by atoms with van der Waals surface area (Å²) in [5, 5.41) is 0. The zero-order valence-corrected chi connectivity index (χ0v) is 24.4. The fourth-order valence-corrected chi connectivity index (χ4v) is 4.47. The van der Waals surface area contributed by atoms with Gasteiger partial charge in [0.2, 0.25) is 0 Å². The monoisotopic (exact) mass is 638 g/mol. The van der Waals surface area contributed by atoms with Crippen LogP contribution in [0.4, 0.5) is 31.1 Å². The van der Waals surface area contributed by atoms with E-state index in [1.165, 1.54) is 19.4 Å². The molecule has 1 aliphatic heterocycles. The highest BCUT2D eigenvalue weighted by atomic mass is 35.5. The van der Waals surface area contributed by atoms with Gasteiger partial charge in [0.15, 0.2) is 0 Å². The Morgan fingerprint density at radius 3 is 2.05 bits per heavy atom. The number of carbonyl (C=O) groups excluding carboxylic acids is 3. The Kier molecular flexibility index (Phi) is 12.6. The van der Waals surface area contributed by atoms with Crippen LogP contribution in [0.25, 0.3) is 6.08 Å². The summed E-state index contributed by atoms with van der Waals surface area (Å²) in [5.41, 5.74) is 1.25. The summed E-state index contributed by atoms with van der Waals surface area (Å²) in [6, 6.07) is 5.63. The Hall–Kier alpha value is -3.55. The van der Waals surface area contributed by atoms with Gasteiger partial charge in [0.05, 0.1) is 24.6 Å². The number of methoxy groups -OCH3 is 1. The number of halogens is 7. The predicted molar refractivity (Wildman–Crippen MR) is 147 cm³/mol. The van der Waals surface area contributed by atoms with Gasteiger partial charge in [-0.25, -0.2) is 14.6 Å². The van der Waals surface area contributed by atoms with Crippen molar-refractivity contribution in [3.05, 3.63) is 58.8 Å². The molecule has 1 fully saturated rings. The van der Waals surface area contributed by atoms with Gasteiger partial charge >= 0.3 is 24.4 Å². The molecule has 2 aromatic rings. The van der Waals surface area contributed by atoms with Crippen LogP contribution in [0.3, 0.4) is 0 Å². The summed E-state index contributed by atoms with van der Waals surface area (Å²) in [6.07, 6.45) is -7.40. The zero-order chi connectivity index (χ0) is 31.1. The summed E-state index contributed by atoms with van der Waals surface area (Å²) < 4.78 is 83.0. The number of hydrogen-bond acceptors (Lipinski definition) is 5. The van der Waals surface area contributed by atoms with E-state index >= 15 is 0 Å². The summed E-state index contributed by atoms with van der Waals surface area (Å²) in [4.78, 5) is 44.0. The number of nitrogens with zero attached hydrogens (tertiary/aromatic N) is 4. The third-order valence-corrected chi connectivity index (χ3v) is 6.62. The van der Waals surface area contributed by atoms with Crippen molar-refractivity contribution in [3.8, 4) is 0 Å².